The summed E-state index contributed by atoms with van der Waals surface area (Å²) in [5.41, 5.74) is 0.213. The molecule has 0 fully saturated rings. The molecular formula is C16H17F3NO3P. The molecule has 0 saturated carbocycles. The van der Waals surface area contributed by atoms with Crippen molar-refractivity contribution in [1.82, 2.24) is 0 Å². The van der Waals surface area contributed by atoms with Crippen molar-refractivity contribution in [2.24, 2.45) is 0 Å². The van der Waals surface area contributed by atoms with E-state index in [0.717, 1.165) is 12.1 Å². The lowest BCUT2D eigenvalue weighted by molar-refractivity contribution is -0.137. The van der Waals surface area contributed by atoms with Crippen LogP contribution in [0, 0.1) is 0 Å². The average molecular weight is 359 g/mol. The van der Waals surface area contributed by atoms with Gasteiger partial charge in [0.25, 0.3) is 0 Å². The molecule has 0 aliphatic carbocycles. The Labute approximate surface area is 138 Å². The SMILES string of the molecule is COP(=O)(OC)C(Nc1ccccc1)c1ccc(C(F)(F)F)cc1. The van der Waals surface area contributed by atoms with E-state index in [2.05, 4.69) is 5.32 Å². The molecule has 130 valence electrons. The number of alkyl halides is 3. The first-order valence-electron chi connectivity index (χ1n) is 7.00. The van der Waals surface area contributed by atoms with Gasteiger partial charge in [-0.25, -0.2) is 0 Å². The van der Waals surface area contributed by atoms with Crippen molar-refractivity contribution in [2.45, 2.75) is 12.0 Å². The van der Waals surface area contributed by atoms with Crippen molar-refractivity contribution in [2.75, 3.05) is 19.5 Å². The molecule has 0 spiro atoms. The number of para-hydroxylation sites is 1. The Kier molecular flexibility index (Phi) is 5.70. The highest BCUT2D eigenvalue weighted by Crippen LogP contribution is 2.59. The van der Waals surface area contributed by atoms with Gasteiger partial charge in [0.15, 0.2) is 5.78 Å². The maximum absolute atomic E-state index is 12.8. The molecule has 0 heterocycles. The summed E-state index contributed by atoms with van der Waals surface area (Å²) in [4.78, 5) is 0. The van der Waals surface area contributed by atoms with Crippen molar-refractivity contribution in [3.63, 3.8) is 0 Å². The predicted molar refractivity (Wildman–Crippen MR) is 85.9 cm³/mol. The van der Waals surface area contributed by atoms with E-state index in [1.807, 2.05) is 6.07 Å². The zero-order valence-corrected chi connectivity index (χ0v) is 14.0. The Morgan fingerprint density at radius 1 is 0.958 bits per heavy atom. The number of hydrogen-bond donors (Lipinski definition) is 1. The van der Waals surface area contributed by atoms with E-state index >= 15 is 0 Å². The van der Waals surface area contributed by atoms with Crippen LogP contribution >= 0.6 is 7.60 Å². The topological polar surface area (TPSA) is 47.6 Å². The van der Waals surface area contributed by atoms with Crippen LogP contribution in [0.15, 0.2) is 54.6 Å². The van der Waals surface area contributed by atoms with Crippen molar-refractivity contribution in [3.05, 3.63) is 65.7 Å². The third-order valence-corrected chi connectivity index (χ3v) is 5.53. The highest BCUT2D eigenvalue weighted by Gasteiger charge is 2.36. The van der Waals surface area contributed by atoms with Gasteiger partial charge in [-0.3, -0.25) is 4.57 Å². The first kappa shape index (κ1) is 18.5. The van der Waals surface area contributed by atoms with Gasteiger partial charge in [-0.1, -0.05) is 30.3 Å². The summed E-state index contributed by atoms with van der Waals surface area (Å²) >= 11 is 0. The van der Waals surface area contributed by atoms with E-state index in [-0.39, 0.29) is 0 Å². The summed E-state index contributed by atoms with van der Waals surface area (Å²) in [7, 11) is -1.17. The van der Waals surface area contributed by atoms with Gasteiger partial charge in [0.1, 0.15) is 0 Å². The van der Waals surface area contributed by atoms with Crippen molar-refractivity contribution in [3.8, 4) is 0 Å². The Morgan fingerprint density at radius 3 is 1.96 bits per heavy atom. The molecule has 24 heavy (non-hydrogen) atoms. The van der Waals surface area contributed by atoms with Crippen molar-refractivity contribution < 1.29 is 26.8 Å². The van der Waals surface area contributed by atoms with Crippen molar-refractivity contribution >= 4 is 13.3 Å². The first-order chi connectivity index (χ1) is 11.3. The summed E-state index contributed by atoms with van der Waals surface area (Å²) < 4.78 is 61.0. The highest BCUT2D eigenvalue weighted by molar-refractivity contribution is 7.54. The number of rotatable bonds is 6. The fourth-order valence-electron chi connectivity index (χ4n) is 2.18. The second kappa shape index (κ2) is 7.38. The van der Waals surface area contributed by atoms with Gasteiger partial charge in [0, 0.05) is 19.9 Å². The summed E-state index contributed by atoms with van der Waals surface area (Å²) in [6.45, 7) is 0. The molecule has 0 amide bonds. The Hall–Kier alpha value is -1.82. The predicted octanol–water partition coefficient (Wildman–Crippen LogP) is 5.30. The van der Waals surface area contributed by atoms with E-state index < -0.39 is 25.1 Å². The van der Waals surface area contributed by atoms with E-state index in [0.29, 0.717) is 11.3 Å². The molecule has 0 aromatic heterocycles. The van der Waals surface area contributed by atoms with Crippen LogP contribution in [0.4, 0.5) is 18.9 Å². The number of nitrogens with one attached hydrogen (secondary N) is 1. The standard InChI is InChI=1S/C16H17F3NO3P/c1-22-24(21,23-2)15(20-14-6-4-3-5-7-14)12-8-10-13(11-9-12)16(17,18)19/h3-11,15,20H,1-2H3. The third kappa shape index (κ3) is 4.17. The quantitative estimate of drug-likeness (QED) is 0.711. The molecule has 0 aliphatic rings. The maximum atomic E-state index is 12.8. The van der Waals surface area contributed by atoms with E-state index in [1.165, 1.54) is 26.4 Å². The molecule has 2 aromatic carbocycles. The molecule has 0 aliphatic heterocycles. The number of hydrogen-bond acceptors (Lipinski definition) is 4. The molecule has 2 aromatic rings. The van der Waals surface area contributed by atoms with Gasteiger partial charge in [0.05, 0.1) is 5.56 Å². The second-order valence-electron chi connectivity index (χ2n) is 4.94. The van der Waals surface area contributed by atoms with E-state index in [1.54, 1.807) is 24.3 Å². The fraction of sp³-hybridized carbons (Fsp3) is 0.250. The van der Waals surface area contributed by atoms with Crippen molar-refractivity contribution in [1.29, 1.82) is 0 Å². The van der Waals surface area contributed by atoms with Gasteiger partial charge < -0.3 is 14.4 Å². The minimum Gasteiger partial charge on any atom is -0.368 e. The molecular weight excluding hydrogens is 342 g/mol. The Bertz CT molecular complexity index is 697. The van der Waals surface area contributed by atoms with Crippen LogP contribution in [0.25, 0.3) is 0 Å². The molecule has 4 nitrogen and oxygen atoms in total. The lowest BCUT2D eigenvalue weighted by atomic mass is 10.1. The minimum atomic E-state index is -4.44. The minimum absolute atomic E-state index is 0.360. The number of anilines is 1. The fourth-order valence-corrected chi connectivity index (χ4v) is 3.59. The molecule has 1 N–H and O–H groups in total. The normalized spacial score (nSPS) is 13.5. The molecule has 0 radical (unpaired) electrons. The van der Waals surface area contributed by atoms with Gasteiger partial charge in [-0.05, 0) is 29.8 Å². The lowest BCUT2D eigenvalue weighted by Gasteiger charge is -2.26. The van der Waals surface area contributed by atoms with Gasteiger partial charge in [0.2, 0.25) is 0 Å². The van der Waals surface area contributed by atoms with Gasteiger partial charge in [-0.2, -0.15) is 13.2 Å². The zero-order chi connectivity index (χ0) is 17.8. The summed E-state index contributed by atoms with van der Waals surface area (Å²) in [6.07, 6.45) is -4.44. The van der Waals surface area contributed by atoms with Gasteiger partial charge in [-0.15, -0.1) is 0 Å². The average Bonchev–Trinajstić information content (AvgIpc) is 2.59. The van der Waals surface area contributed by atoms with Crippen LogP contribution in [0.5, 0.6) is 0 Å². The summed E-state index contributed by atoms with van der Waals surface area (Å²) in [5.74, 6) is -0.947. The van der Waals surface area contributed by atoms with Crippen LogP contribution in [-0.2, 0) is 19.8 Å². The van der Waals surface area contributed by atoms with Crippen LogP contribution in [0.3, 0.4) is 0 Å². The molecule has 1 unspecified atom stereocenters. The second-order valence-corrected chi connectivity index (χ2v) is 7.26. The first-order valence-corrected chi connectivity index (χ1v) is 8.61. The van der Waals surface area contributed by atoms with Crippen LogP contribution in [-0.4, -0.2) is 14.2 Å². The summed E-state index contributed by atoms with van der Waals surface area (Å²) in [5, 5.41) is 3.00. The third-order valence-electron chi connectivity index (χ3n) is 3.46. The molecule has 8 heteroatoms. The van der Waals surface area contributed by atoms with Crippen LogP contribution in [0.2, 0.25) is 0 Å². The van der Waals surface area contributed by atoms with Gasteiger partial charge >= 0.3 is 13.8 Å². The zero-order valence-electron chi connectivity index (χ0n) is 13.1. The highest BCUT2D eigenvalue weighted by atomic mass is 31.2. The number of benzene rings is 2. The smallest absolute Gasteiger partial charge is 0.368 e. The largest absolute Gasteiger partial charge is 0.416 e. The maximum Gasteiger partial charge on any atom is 0.416 e. The monoisotopic (exact) mass is 359 g/mol. The van der Waals surface area contributed by atoms with E-state index in [4.69, 9.17) is 9.05 Å². The number of halogens is 3. The molecule has 2 rings (SSSR count). The molecule has 0 saturated heterocycles. The van der Waals surface area contributed by atoms with Crippen LogP contribution < -0.4 is 5.32 Å². The van der Waals surface area contributed by atoms with E-state index in [9.17, 15) is 17.7 Å². The molecule has 1 atom stereocenters. The Morgan fingerprint density at radius 2 is 1.50 bits per heavy atom. The van der Waals surface area contributed by atoms with Crippen LogP contribution in [0.1, 0.15) is 16.9 Å². The Balaban J connectivity index is 2.40. The molecule has 0 bridgehead atoms. The summed E-state index contributed by atoms with van der Waals surface area (Å²) in [6, 6.07) is 13.2. The lowest BCUT2D eigenvalue weighted by Crippen LogP contribution is -2.14.